The number of rotatable bonds is 8. The van der Waals surface area contributed by atoms with Crippen LogP contribution < -0.4 is 15.4 Å². The number of hydrogen-bond donors (Lipinski definition) is 2. The molecule has 4 aromatic carbocycles. The third kappa shape index (κ3) is 6.49. The van der Waals surface area contributed by atoms with Crippen molar-refractivity contribution in [2.24, 2.45) is 0 Å². The number of carbonyl (C=O) groups excluding carboxylic acids is 2. The van der Waals surface area contributed by atoms with Gasteiger partial charge in [0.2, 0.25) is 5.91 Å². The Hall–Kier alpha value is -4.10. The van der Waals surface area contributed by atoms with Gasteiger partial charge < -0.3 is 15.4 Å². The van der Waals surface area contributed by atoms with Crippen LogP contribution in [-0.4, -0.2) is 18.9 Å². The summed E-state index contributed by atoms with van der Waals surface area (Å²) >= 11 is 1.37. The van der Waals surface area contributed by atoms with Gasteiger partial charge in [-0.1, -0.05) is 42.5 Å². The number of ether oxygens (including phenoxy) is 1. The van der Waals surface area contributed by atoms with Gasteiger partial charge in [-0.15, -0.1) is 11.8 Å². The van der Waals surface area contributed by atoms with Crippen LogP contribution in [0.3, 0.4) is 0 Å². The Balaban J connectivity index is 1.53. The number of hydrogen-bond acceptors (Lipinski definition) is 4. The number of thioether (sulfide) groups is 1. The van der Waals surface area contributed by atoms with E-state index in [-0.39, 0.29) is 11.8 Å². The lowest BCUT2D eigenvalue weighted by atomic mass is 10.1. The number of benzene rings is 4. The van der Waals surface area contributed by atoms with Gasteiger partial charge in [-0.25, -0.2) is 4.39 Å². The Bertz CT molecular complexity index is 1310. The maximum Gasteiger partial charge on any atom is 0.255 e. The summed E-state index contributed by atoms with van der Waals surface area (Å²) in [5, 5.41) is 5.26. The molecule has 0 aliphatic carbocycles. The van der Waals surface area contributed by atoms with Crippen LogP contribution >= 0.6 is 11.8 Å². The Morgan fingerprint density at radius 3 is 2.20 bits per heavy atom. The molecular weight excluding hydrogens is 463 g/mol. The van der Waals surface area contributed by atoms with Crippen LogP contribution in [0.4, 0.5) is 15.8 Å². The lowest BCUT2D eigenvalue weighted by Gasteiger charge is -2.18. The van der Waals surface area contributed by atoms with Crippen molar-refractivity contribution in [1.82, 2.24) is 0 Å². The highest BCUT2D eigenvalue weighted by Crippen LogP contribution is 2.37. The lowest BCUT2D eigenvalue weighted by Crippen LogP contribution is -2.19. The highest BCUT2D eigenvalue weighted by atomic mass is 32.2. The Morgan fingerprint density at radius 1 is 0.800 bits per heavy atom. The standard InChI is InChI=1S/C28H23FN2O3S/c1-34-24-11-5-9-22(17-24)31-28(33)26(19-7-3-2-4-8-19)35-25-12-6-10-23(18-25)30-27(32)20-13-15-21(29)16-14-20/h2-18,26H,1H3,(H,30,32)(H,31,33). The molecule has 5 nitrogen and oxygen atoms in total. The molecule has 0 aliphatic heterocycles. The van der Waals surface area contributed by atoms with E-state index in [1.807, 2.05) is 54.6 Å². The topological polar surface area (TPSA) is 67.4 Å². The molecule has 1 unspecified atom stereocenters. The second kappa shape index (κ2) is 11.4. The fourth-order valence-corrected chi connectivity index (χ4v) is 4.48. The number of anilines is 2. The first-order valence-corrected chi connectivity index (χ1v) is 11.7. The first kappa shape index (κ1) is 24.0. The van der Waals surface area contributed by atoms with Crippen molar-refractivity contribution < 1.29 is 18.7 Å². The van der Waals surface area contributed by atoms with Crippen molar-refractivity contribution in [2.45, 2.75) is 10.1 Å². The molecule has 0 bridgehead atoms. The van der Waals surface area contributed by atoms with E-state index >= 15 is 0 Å². The summed E-state index contributed by atoms with van der Waals surface area (Å²) in [5.41, 5.74) is 2.41. The zero-order valence-electron chi connectivity index (χ0n) is 18.9. The summed E-state index contributed by atoms with van der Waals surface area (Å²) in [6.07, 6.45) is 0. The number of halogens is 1. The van der Waals surface area contributed by atoms with Crippen LogP contribution in [0.15, 0.2) is 108 Å². The third-order valence-electron chi connectivity index (χ3n) is 5.13. The molecule has 7 heteroatoms. The molecule has 0 aliphatic rings. The number of nitrogens with one attached hydrogen (secondary N) is 2. The highest BCUT2D eigenvalue weighted by molar-refractivity contribution is 8.00. The maximum atomic E-state index is 13.3. The van der Waals surface area contributed by atoms with Crippen LogP contribution in [0.25, 0.3) is 0 Å². The summed E-state index contributed by atoms with van der Waals surface area (Å²) in [6, 6.07) is 29.3. The van der Waals surface area contributed by atoms with E-state index in [1.165, 1.54) is 36.0 Å². The molecular formula is C28H23FN2O3S. The highest BCUT2D eigenvalue weighted by Gasteiger charge is 2.22. The van der Waals surface area contributed by atoms with E-state index in [1.54, 1.807) is 31.4 Å². The van der Waals surface area contributed by atoms with Gasteiger partial charge in [0, 0.05) is 27.9 Å². The van der Waals surface area contributed by atoms with Crippen molar-refractivity contribution in [3.05, 3.63) is 120 Å². The lowest BCUT2D eigenvalue weighted by molar-refractivity contribution is -0.115. The smallest absolute Gasteiger partial charge is 0.255 e. The van der Waals surface area contributed by atoms with Gasteiger partial charge in [-0.3, -0.25) is 9.59 Å². The Labute approximate surface area is 207 Å². The van der Waals surface area contributed by atoms with E-state index in [0.717, 1.165) is 10.5 Å². The van der Waals surface area contributed by atoms with Crippen molar-refractivity contribution >= 4 is 35.0 Å². The summed E-state index contributed by atoms with van der Waals surface area (Å²) < 4.78 is 18.4. The molecule has 0 saturated heterocycles. The molecule has 0 aromatic heterocycles. The molecule has 176 valence electrons. The predicted octanol–water partition coefficient (Wildman–Crippen LogP) is 6.56. The van der Waals surface area contributed by atoms with E-state index in [0.29, 0.717) is 22.7 Å². The molecule has 0 radical (unpaired) electrons. The van der Waals surface area contributed by atoms with Gasteiger partial charge in [0.05, 0.1) is 7.11 Å². The van der Waals surface area contributed by atoms with Gasteiger partial charge in [0.1, 0.15) is 16.8 Å². The van der Waals surface area contributed by atoms with Gasteiger partial charge in [0.15, 0.2) is 0 Å². The Kier molecular flexibility index (Phi) is 7.80. The van der Waals surface area contributed by atoms with E-state index in [2.05, 4.69) is 10.6 Å². The fourth-order valence-electron chi connectivity index (χ4n) is 3.40. The average molecular weight is 487 g/mol. The molecule has 4 rings (SSSR count). The van der Waals surface area contributed by atoms with Crippen LogP contribution in [0, 0.1) is 5.82 Å². The Morgan fingerprint density at radius 2 is 1.49 bits per heavy atom. The first-order valence-electron chi connectivity index (χ1n) is 10.9. The van der Waals surface area contributed by atoms with Crippen molar-refractivity contribution in [3.8, 4) is 5.75 Å². The predicted molar refractivity (Wildman–Crippen MR) is 137 cm³/mol. The van der Waals surface area contributed by atoms with Gasteiger partial charge in [0.25, 0.3) is 5.91 Å². The second-order valence-electron chi connectivity index (χ2n) is 7.62. The first-order chi connectivity index (χ1) is 17.0. The van der Waals surface area contributed by atoms with E-state index < -0.39 is 11.1 Å². The van der Waals surface area contributed by atoms with Crippen LogP contribution in [-0.2, 0) is 4.79 Å². The minimum atomic E-state index is -0.537. The van der Waals surface area contributed by atoms with Crippen LogP contribution in [0.2, 0.25) is 0 Å². The SMILES string of the molecule is COc1cccc(NC(=O)C(Sc2cccc(NC(=O)c3ccc(F)cc3)c2)c2ccccc2)c1. The van der Waals surface area contributed by atoms with Crippen LogP contribution in [0.1, 0.15) is 21.2 Å². The van der Waals surface area contributed by atoms with Crippen LogP contribution in [0.5, 0.6) is 5.75 Å². The normalized spacial score (nSPS) is 11.4. The largest absolute Gasteiger partial charge is 0.497 e. The molecule has 2 amide bonds. The third-order valence-corrected chi connectivity index (χ3v) is 6.38. The summed E-state index contributed by atoms with van der Waals surface area (Å²) in [4.78, 5) is 26.7. The molecule has 1 atom stereocenters. The molecule has 4 aromatic rings. The quantitative estimate of drug-likeness (QED) is 0.277. The number of carbonyl (C=O) groups is 2. The molecule has 0 fully saturated rings. The second-order valence-corrected chi connectivity index (χ2v) is 8.80. The minimum Gasteiger partial charge on any atom is -0.497 e. The molecule has 0 heterocycles. The van der Waals surface area contributed by atoms with Gasteiger partial charge >= 0.3 is 0 Å². The molecule has 0 saturated carbocycles. The fraction of sp³-hybridized carbons (Fsp3) is 0.0714. The van der Waals surface area contributed by atoms with E-state index in [4.69, 9.17) is 4.74 Å². The molecule has 0 spiro atoms. The van der Waals surface area contributed by atoms with Gasteiger partial charge in [-0.2, -0.15) is 0 Å². The van der Waals surface area contributed by atoms with Gasteiger partial charge in [-0.05, 0) is 60.2 Å². The molecule has 35 heavy (non-hydrogen) atoms. The monoisotopic (exact) mass is 486 g/mol. The van der Waals surface area contributed by atoms with E-state index in [9.17, 15) is 14.0 Å². The zero-order chi connectivity index (χ0) is 24.6. The van der Waals surface area contributed by atoms with Crippen molar-refractivity contribution in [3.63, 3.8) is 0 Å². The average Bonchev–Trinajstić information content (AvgIpc) is 2.88. The zero-order valence-corrected chi connectivity index (χ0v) is 19.7. The summed E-state index contributed by atoms with van der Waals surface area (Å²) in [6.45, 7) is 0. The summed E-state index contributed by atoms with van der Waals surface area (Å²) in [7, 11) is 1.57. The molecule has 2 N–H and O–H groups in total. The minimum absolute atomic E-state index is 0.185. The maximum absolute atomic E-state index is 13.3. The number of methoxy groups -OCH3 is 1. The summed E-state index contributed by atoms with van der Waals surface area (Å²) in [5.74, 6) is -0.284. The van der Waals surface area contributed by atoms with Crippen molar-refractivity contribution in [2.75, 3.05) is 17.7 Å². The van der Waals surface area contributed by atoms with Crippen molar-refractivity contribution in [1.29, 1.82) is 0 Å². The number of amides is 2.